The van der Waals surface area contributed by atoms with Crippen LogP contribution < -0.4 is 0 Å². The van der Waals surface area contributed by atoms with Crippen LogP contribution in [0, 0.1) is 5.82 Å². The first-order chi connectivity index (χ1) is 9.10. The molecule has 1 aliphatic rings. The Morgan fingerprint density at radius 2 is 2.42 bits per heavy atom. The van der Waals surface area contributed by atoms with Crippen molar-refractivity contribution in [1.82, 2.24) is 4.90 Å². The van der Waals surface area contributed by atoms with E-state index in [0.717, 1.165) is 0 Å². The topological polar surface area (TPSA) is 38.8 Å². The van der Waals surface area contributed by atoms with Crippen LogP contribution in [0.2, 0.25) is 5.02 Å². The van der Waals surface area contributed by atoms with Gasteiger partial charge in [0.25, 0.3) is 0 Å². The van der Waals surface area contributed by atoms with Gasteiger partial charge in [-0.15, -0.1) is 0 Å². The van der Waals surface area contributed by atoms with Gasteiger partial charge in [-0.2, -0.15) is 0 Å². The van der Waals surface area contributed by atoms with Crippen LogP contribution in [-0.4, -0.2) is 43.8 Å². The molecule has 0 aliphatic carbocycles. The molecule has 6 heteroatoms. The van der Waals surface area contributed by atoms with Gasteiger partial charge >= 0.3 is 5.97 Å². The summed E-state index contributed by atoms with van der Waals surface area (Å²) in [5, 5.41) is 0.516. The number of esters is 1. The van der Waals surface area contributed by atoms with Gasteiger partial charge in [-0.05, 0) is 23.8 Å². The maximum Gasteiger partial charge on any atom is 0.336 e. The summed E-state index contributed by atoms with van der Waals surface area (Å²) in [5.41, 5.74) is 0.701. The Morgan fingerprint density at radius 3 is 3.16 bits per heavy atom. The van der Waals surface area contributed by atoms with Crippen molar-refractivity contribution in [2.24, 2.45) is 0 Å². The first kappa shape index (κ1) is 14.2. The highest BCUT2D eigenvalue weighted by Gasteiger charge is 2.27. The lowest BCUT2D eigenvalue weighted by Crippen LogP contribution is -2.46. The molecule has 4 nitrogen and oxygen atoms in total. The standard InChI is InChI=1S/C13H15ClFNO3/c1-18-13(17)12-8-16(4-5-19-12)7-9-6-10(15)2-3-11(9)14/h2-3,6,12H,4-5,7-8H2,1H3. The van der Waals surface area contributed by atoms with E-state index in [1.807, 2.05) is 4.90 Å². The molecule has 0 bridgehead atoms. The molecule has 1 aromatic rings. The molecule has 0 N–H and O–H groups in total. The quantitative estimate of drug-likeness (QED) is 0.796. The molecule has 0 spiro atoms. The lowest BCUT2D eigenvalue weighted by atomic mass is 10.2. The summed E-state index contributed by atoms with van der Waals surface area (Å²) in [5.74, 6) is -0.716. The van der Waals surface area contributed by atoms with E-state index in [1.54, 1.807) is 0 Å². The molecule has 104 valence electrons. The fraction of sp³-hybridized carbons (Fsp3) is 0.462. The molecule has 1 saturated heterocycles. The summed E-state index contributed by atoms with van der Waals surface area (Å²) < 4.78 is 23.2. The number of halogens is 2. The zero-order chi connectivity index (χ0) is 13.8. The zero-order valence-electron chi connectivity index (χ0n) is 10.6. The molecule has 1 unspecified atom stereocenters. The van der Waals surface area contributed by atoms with Gasteiger partial charge in [-0.25, -0.2) is 9.18 Å². The van der Waals surface area contributed by atoms with Crippen LogP contribution in [0.15, 0.2) is 18.2 Å². The minimum atomic E-state index is -0.592. The Hall–Kier alpha value is -1.17. The smallest absolute Gasteiger partial charge is 0.336 e. The highest BCUT2D eigenvalue weighted by molar-refractivity contribution is 6.31. The zero-order valence-corrected chi connectivity index (χ0v) is 11.3. The first-order valence-electron chi connectivity index (χ1n) is 5.96. The highest BCUT2D eigenvalue weighted by atomic mass is 35.5. The molecular weight excluding hydrogens is 273 g/mol. The summed E-state index contributed by atoms with van der Waals surface area (Å²) in [4.78, 5) is 13.4. The Morgan fingerprint density at radius 1 is 1.63 bits per heavy atom. The van der Waals surface area contributed by atoms with E-state index in [1.165, 1.54) is 25.3 Å². The number of nitrogens with zero attached hydrogens (tertiary/aromatic N) is 1. The highest BCUT2D eigenvalue weighted by Crippen LogP contribution is 2.20. The lowest BCUT2D eigenvalue weighted by molar-refractivity contribution is -0.160. The number of rotatable bonds is 3. The number of hydrogen-bond acceptors (Lipinski definition) is 4. The van der Waals surface area contributed by atoms with Gasteiger partial charge in [0.1, 0.15) is 5.82 Å². The predicted octanol–water partition coefficient (Wildman–Crippen LogP) is 1.85. The Balaban J connectivity index is 2.02. The third-order valence-corrected chi connectivity index (χ3v) is 3.39. The van der Waals surface area contributed by atoms with E-state index in [-0.39, 0.29) is 5.82 Å². The normalized spacial score (nSPS) is 20.3. The monoisotopic (exact) mass is 287 g/mol. The predicted molar refractivity (Wildman–Crippen MR) is 68.4 cm³/mol. The van der Waals surface area contributed by atoms with Crippen molar-refractivity contribution in [2.45, 2.75) is 12.6 Å². The Labute approximate surface area is 116 Å². The van der Waals surface area contributed by atoms with Crippen molar-refractivity contribution >= 4 is 17.6 Å². The van der Waals surface area contributed by atoms with Crippen LogP contribution in [0.4, 0.5) is 4.39 Å². The number of morpholine rings is 1. The van der Waals surface area contributed by atoms with Crippen LogP contribution in [0.5, 0.6) is 0 Å². The van der Waals surface area contributed by atoms with Gasteiger partial charge in [0.15, 0.2) is 6.10 Å². The van der Waals surface area contributed by atoms with Crippen molar-refractivity contribution in [3.05, 3.63) is 34.6 Å². The summed E-state index contributed by atoms with van der Waals surface area (Å²) in [7, 11) is 1.33. The van der Waals surface area contributed by atoms with E-state index < -0.39 is 12.1 Å². The number of methoxy groups -OCH3 is 1. The maximum absolute atomic E-state index is 13.2. The number of benzene rings is 1. The molecular formula is C13H15ClFNO3. The van der Waals surface area contributed by atoms with Crippen molar-refractivity contribution in [3.8, 4) is 0 Å². The third-order valence-electron chi connectivity index (χ3n) is 3.02. The number of carbonyl (C=O) groups excluding carboxylic acids is 1. The molecule has 0 radical (unpaired) electrons. The van der Waals surface area contributed by atoms with E-state index in [2.05, 4.69) is 4.74 Å². The van der Waals surface area contributed by atoms with Crippen LogP contribution in [-0.2, 0) is 20.8 Å². The van der Waals surface area contributed by atoms with E-state index >= 15 is 0 Å². The summed E-state index contributed by atoms with van der Waals surface area (Å²) in [6.45, 7) is 2.00. The van der Waals surface area contributed by atoms with Crippen molar-refractivity contribution in [1.29, 1.82) is 0 Å². The fourth-order valence-corrected chi connectivity index (χ4v) is 2.20. The van der Waals surface area contributed by atoms with Gasteiger partial charge in [-0.3, -0.25) is 4.90 Å². The number of hydrogen-bond donors (Lipinski definition) is 0. The SMILES string of the molecule is COC(=O)C1CN(Cc2cc(F)ccc2Cl)CCO1. The van der Waals surface area contributed by atoms with Crippen molar-refractivity contribution in [2.75, 3.05) is 26.8 Å². The minimum Gasteiger partial charge on any atom is -0.467 e. The van der Waals surface area contributed by atoms with Crippen LogP contribution in [0.25, 0.3) is 0 Å². The lowest BCUT2D eigenvalue weighted by Gasteiger charge is -2.31. The van der Waals surface area contributed by atoms with Gasteiger partial charge in [0.05, 0.1) is 13.7 Å². The average Bonchev–Trinajstić information content (AvgIpc) is 2.42. The van der Waals surface area contributed by atoms with E-state index in [9.17, 15) is 9.18 Å². The maximum atomic E-state index is 13.2. The van der Waals surface area contributed by atoms with Crippen LogP contribution in [0.3, 0.4) is 0 Å². The second kappa shape index (κ2) is 6.32. The van der Waals surface area contributed by atoms with E-state index in [4.69, 9.17) is 16.3 Å². The summed E-state index contributed by atoms with van der Waals surface area (Å²) >= 11 is 6.03. The second-order valence-corrected chi connectivity index (χ2v) is 4.76. The molecule has 1 heterocycles. The van der Waals surface area contributed by atoms with Crippen molar-refractivity contribution < 1.29 is 18.7 Å². The second-order valence-electron chi connectivity index (χ2n) is 4.35. The largest absolute Gasteiger partial charge is 0.467 e. The van der Waals surface area contributed by atoms with Gasteiger partial charge in [0.2, 0.25) is 0 Å². The summed E-state index contributed by atoms with van der Waals surface area (Å²) in [6, 6.07) is 4.26. The molecule has 1 atom stereocenters. The molecule has 1 aromatic carbocycles. The molecule has 0 saturated carbocycles. The molecule has 0 amide bonds. The molecule has 19 heavy (non-hydrogen) atoms. The Bertz CT molecular complexity index is 469. The number of ether oxygens (including phenoxy) is 2. The Kier molecular flexibility index (Phi) is 4.74. The van der Waals surface area contributed by atoms with Crippen LogP contribution in [0.1, 0.15) is 5.56 Å². The molecule has 2 rings (SSSR count). The average molecular weight is 288 g/mol. The summed E-state index contributed by atoms with van der Waals surface area (Å²) in [6.07, 6.45) is -0.592. The molecule has 1 fully saturated rings. The first-order valence-corrected chi connectivity index (χ1v) is 6.33. The van der Waals surface area contributed by atoms with Crippen molar-refractivity contribution in [3.63, 3.8) is 0 Å². The molecule has 1 aliphatic heterocycles. The number of carbonyl (C=O) groups is 1. The van der Waals surface area contributed by atoms with E-state index in [0.29, 0.717) is 36.8 Å². The fourth-order valence-electron chi connectivity index (χ4n) is 2.03. The van der Waals surface area contributed by atoms with Gasteiger partial charge in [0, 0.05) is 24.7 Å². The van der Waals surface area contributed by atoms with Gasteiger partial charge in [-0.1, -0.05) is 11.6 Å². The van der Waals surface area contributed by atoms with Crippen LogP contribution >= 0.6 is 11.6 Å². The van der Waals surface area contributed by atoms with Gasteiger partial charge < -0.3 is 9.47 Å². The third kappa shape index (κ3) is 3.65. The minimum absolute atomic E-state index is 0.322. The molecule has 0 aromatic heterocycles.